The molecule has 1 aromatic heterocycles. The summed E-state index contributed by atoms with van der Waals surface area (Å²) in [5, 5.41) is 3.64. The van der Waals surface area contributed by atoms with Crippen LogP contribution in [0.4, 0.5) is 9.93 Å². The van der Waals surface area contributed by atoms with Gasteiger partial charge in [-0.3, -0.25) is 9.69 Å². The Labute approximate surface area is 187 Å². The van der Waals surface area contributed by atoms with E-state index in [1.54, 1.807) is 16.2 Å². The molecular formula is C23H30N4O3S. The summed E-state index contributed by atoms with van der Waals surface area (Å²) in [7, 11) is 0. The lowest BCUT2D eigenvalue weighted by Crippen LogP contribution is -2.36. The molecule has 8 heteroatoms. The molecule has 1 aromatic carbocycles. The Hall–Kier alpha value is -2.45. The number of hydrogen-bond donors (Lipinski definition) is 1. The molecule has 2 aromatic rings. The van der Waals surface area contributed by atoms with Gasteiger partial charge in [0.15, 0.2) is 5.13 Å². The summed E-state index contributed by atoms with van der Waals surface area (Å²) < 4.78 is 5.42. The molecule has 2 amide bonds. The summed E-state index contributed by atoms with van der Waals surface area (Å²) in [6.07, 6.45) is 1.18. The van der Waals surface area contributed by atoms with Gasteiger partial charge in [0.2, 0.25) is 5.91 Å². The number of nitrogens with zero attached hydrogens (tertiary/aromatic N) is 3. The fourth-order valence-corrected chi connectivity index (χ4v) is 5.01. The number of carbonyl (C=O) groups is 2. The first-order valence-corrected chi connectivity index (χ1v) is 11.6. The zero-order chi connectivity index (χ0) is 22.0. The zero-order valence-corrected chi connectivity index (χ0v) is 19.2. The Bertz CT molecular complexity index is 938. The smallest absolute Gasteiger partial charge is 0.410 e. The fraction of sp³-hybridized carbons (Fsp3) is 0.522. The maximum Gasteiger partial charge on any atom is 0.410 e. The average Bonchev–Trinajstić information content (AvgIpc) is 3.34. The Morgan fingerprint density at radius 2 is 2.00 bits per heavy atom. The Morgan fingerprint density at radius 1 is 1.23 bits per heavy atom. The fourth-order valence-electron chi connectivity index (χ4n) is 3.95. The molecule has 0 aliphatic carbocycles. The van der Waals surface area contributed by atoms with Crippen LogP contribution in [0, 0.1) is 5.92 Å². The summed E-state index contributed by atoms with van der Waals surface area (Å²) >= 11 is 1.56. The predicted molar refractivity (Wildman–Crippen MR) is 121 cm³/mol. The van der Waals surface area contributed by atoms with Crippen LogP contribution < -0.4 is 5.32 Å². The SMILES string of the molecule is CC(C)(C)OC(=O)N1CCC(C(=O)Nc2nc3c(s2)CN(Cc2ccccc2)CC3)C1. The number of carbonyl (C=O) groups excluding carboxylic acids is 2. The van der Waals surface area contributed by atoms with Crippen LogP contribution in [0.25, 0.3) is 0 Å². The van der Waals surface area contributed by atoms with Gasteiger partial charge >= 0.3 is 6.09 Å². The molecule has 0 spiro atoms. The molecule has 2 aliphatic rings. The lowest BCUT2D eigenvalue weighted by atomic mass is 10.1. The molecule has 2 aliphatic heterocycles. The topological polar surface area (TPSA) is 74.8 Å². The van der Waals surface area contributed by atoms with Crippen LogP contribution in [0.15, 0.2) is 30.3 Å². The van der Waals surface area contributed by atoms with E-state index in [1.807, 2.05) is 26.8 Å². The molecule has 1 unspecified atom stereocenters. The van der Waals surface area contributed by atoms with Crippen molar-refractivity contribution in [3.63, 3.8) is 0 Å². The van der Waals surface area contributed by atoms with Crippen molar-refractivity contribution in [2.45, 2.75) is 52.3 Å². The third kappa shape index (κ3) is 5.62. The van der Waals surface area contributed by atoms with E-state index in [-0.39, 0.29) is 17.9 Å². The number of hydrogen-bond acceptors (Lipinski definition) is 6. The number of fused-ring (bicyclic) bond motifs is 1. The maximum atomic E-state index is 12.8. The molecule has 1 N–H and O–H groups in total. The van der Waals surface area contributed by atoms with Crippen molar-refractivity contribution in [2.24, 2.45) is 5.92 Å². The van der Waals surface area contributed by atoms with E-state index in [9.17, 15) is 9.59 Å². The first kappa shape index (κ1) is 21.8. The predicted octanol–water partition coefficient (Wildman–Crippen LogP) is 3.90. The molecule has 1 atom stereocenters. The third-order valence-electron chi connectivity index (χ3n) is 5.50. The Morgan fingerprint density at radius 3 is 2.74 bits per heavy atom. The van der Waals surface area contributed by atoms with Gasteiger partial charge in [-0.2, -0.15) is 0 Å². The van der Waals surface area contributed by atoms with Gasteiger partial charge in [-0.25, -0.2) is 9.78 Å². The molecule has 3 heterocycles. The van der Waals surface area contributed by atoms with Crippen LogP contribution in [0.1, 0.15) is 43.3 Å². The van der Waals surface area contributed by atoms with Crippen LogP contribution in [0.5, 0.6) is 0 Å². The van der Waals surface area contributed by atoms with Crippen molar-refractivity contribution < 1.29 is 14.3 Å². The summed E-state index contributed by atoms with van der Waals surface area (Å²) in [5.74, 6) is -0.304. The van der Waals surface area contributed by atoms with E-state index >= 15 is 0 Å². The van der Waals surface area contributed by atoms with Gasteiger partial charge in [0.05, 0.1) is 11.6 Å². The molecule has 1 fully saturated rings. The number of ether oxygens (including phenoxy) is 1. The third-order valence-corrected chi connectivity index (χ3v) is 6.50. The molecule has 0 radical (unpaired) electrons. The van der Waals surface area contributed by atoms with Gasteiger partial charge in [-0.05, 0) is 32.8 Å². The number of benzene rings is 1. The molecular weight excluding hydrogens is 412 g/mol. The van der Waals surface area contributed by atoms with Gasteiger partial charge in [-0.1, -0.05) is 30.3 Å². The van der Waals surface area contributed by atoms with Crippen molar-refractivity contribution in [3.05, 3.63) is 46.5 Å². The largest absolute Gasteiger partial charge is 0.444 e. The number of amides is 2. The second-order valence-electron chi connectivity index (χ2n) is 9.24. The average molecular weight is 443 g/mol. The van der Waals surface area contributed by atoms with Crippen LogP contribution >= 0.6 is 11.3 Å². The van der Waals surface area contributed by atoms with Crippen molar-refractivity contribution in [1.29, 1.82) is 0 Å². The van der Waals surface area contributed by atoms with E-state index in [2.05, 4.69) is 39.5 Å². The molecule has 4 rings (SSSR count). The number of likely N-dealkylation sites (tertiary alicyclic amines) is 1. The summed E-state index contributed by atoms with van der Waals surface area (Å²) in [4.78, 5) is 34.9. The Balaban J connectivity index is 1.31. The van der Waals surface area contributed by atoms with Crippen LogP contribution in [-0.2, 0) is 29.0 Å². The highest BCUT2D eigenvalue weighted by Crippen LogP contribution is 2.30. The second kappa shape index (κ2) is 8.96. The number of aromatic nitrogens is 1. The van der Waals surface area contributed by atoms with Crippen molar-refractivity contribution >= 4 is 28.5 Å². The van der Waals surface area contributed by atoms with E-state index in [4.69, 9.17) is 4.74 Å². The van der Waals surface area contributed by atoms with Crippen LogP contribution in [0.2, 0.25) is 0 Å². The van der Waals surface area contributed by atoms with E-state index in [1.165, 1.54) is 10.4 Å². The molecule has 0 bridgehead atoms. The lowest BCUT2D eigenvalue weighted by Gasteiger charge is -2.25. The van der Waals surface area contributed by atoms with Crippen molar-refractivity contribution in [3.8, 4) is 0 Å². The van der Waals surface area contributed by atoms with Gasteiger partial charge in [0, 0.05) is 44.0 Å². The second-order valence-corrected chi connectivity index (χ2v) is 10.3. The van der Waals surface area contributed by atoms with Crippen LogP contribution in [0.3, 0.4) is 0 Å². The molecule has 31 heavy (non-hydrogen) atoms. The summed E-state index contributed by atoms with van der Waals surface area (Å²) in [6, 6.07) is 10.5. The number of anilines is 1. The minimum Gasteiger partial charge on any atom is -0.444 e. The number of nitrogens with one attached hydrogen (secondary N) is 1. The normalized spacial score (nSPS) is 19.2. The first-order chi connectivity index (χ1) is 14.8. The first-order valence-electron chi connectivity index (χ1n) is 10.8. The minimum atomic E-state index is -0.536. The highest BCUT2D eigenvalue weighted by molar-refractivity contribution is 7.15. The van der Waals surface area contributed by atoms with Crippen molar-refractivity contribution in [2.75, 3.05) is 25.0 Å². The standard InChI is InChI=1S/C23H30N4O3S/c1-23(2,3)30-22(29)27-12-9-17(14-27)20(28)25-21-24-18-10-11-26(15-19(18)31-21)13-16-7-5-4-6-8-16/h4-8,17H,9-15H2,1-3H3,(H,24,25,28). The minimum absolute atomic E-state index is 0.0710. The molecule has 7 nitrogen and oxygen atoms in total. The zero-order valence-electron chi connectivity index (χ0n) is 18.4. The molecule has 166 valence electrons. The monoisotopic (exact) mass is 442 g/mol. The quantitative estimate of drug-likeness (QED) is 0.777. The number of rotatable bonds is 4. The van der Waals surface area contributed by atoms with Gasteiger partial charge in [0.25, 0.3) is 0 Å². The van der Waals surface area contributed by atoms with Gasteiger partial charge in [0.1, 0.15) is 5.60 Å². The number of thiazole rings is 1. The summed E-state index contributed by atoms with van der Waals surface area (Å²) in [6.45, 7) is 9.19. The molecule has 1 saturated heterocycles. The van der Waals surface area contributed by atoms with Gasteiger partial charge in [-0.15, -0.1) is 11.3 Å². The van der Waals surface area contributed by atoms with Gasteiger partial charge < -0.3 is 15.0 Å². The van der Waals surface area contributed by atoms with Crippen molar-refractivity contribution in [1.82, 2.24) is 14.8 Å². The summed E-state index contributed by atoms with van der Waals surface area (Å²) in [5.41, 5.74) is 1.86. The maximum absolute atomic E-state index is 12.8. The lowest BCUT2D eigenvalue weighted by molar-refractivity contribution is -0.119. The van der Waals surface area contributed by atoms with E-state index in [0.29, 0.717) is 24.6 Å². The molecule has 0 saturated carbocycles. The van der Waals surface area contributed by atoms with E-state index in [0.717, 1.165) is 31.7 Å². The highest BCUT2D eigenvalue weighted by Gasteiger charge is 2.34. The van der Waals surface area contributed by atoms with Crippen LogP contribution in [-0.4, -0.2) is 52.0 Å². The van der Waals surface area contributed by atoms with E-state index < -0.39 is 5.60 Å². The highest BCUT2D eigenvalue weighted by atomic mass is 32.1. The Kier molecular flexibility index (Phi) is 6.29.